The van der Waals surface area contributed by atoms with E-state index >= 15 is 0 Å². The molecular weight excluding hydrogens is 439 g/mol. The Kier molecular flexibility index (Phi) is 8.20. The molecule has 2 aromatic rings. The van der Waals surface area contributed by atoms with Crippen molar-refractivity contribution in [3.8, 4) is 5.75 Å². The largest absolute Gasteiger partial charge is 0.484 e. The number of halogens is 2. The Hall–Kier alpha value is -2.41. The molecule has 2 amide bonds. The van der Waals surface area contributed by atoms with Crippen LogP contribution < -0.4 is 10.1 Å². The smallest absolute Gasteiger partial charge is 0.261 e. The third-order valence-electron chi connectivity index (χ3n) is 4.39. The van der Waals surface area contributed by atoms with Gasteiger partial charge in [0.25, 0.3) is 5.91 Å². The molecule has 2 aromatic carbocycles. The Labute approximate surface area is 179 Å². The first-order valence-corrected chi connectivity index (χ1v) is 10.2. The number of ether oxygens (including phenoxy) is 1. The third-order valence-corrected chi connectivity index (χ3v) is 5.28. The van der Waals surface area contributed by atoms with Gasteiger partial charge in [0.2, 0.25) is 5.91 Å². The van der Waals surface area contributed by atoms with Crippen LogP contribution in [-0.4, -0.2) is 35.4 Å². The van der Waals surface area contributed by atoms with Crippen LogP contribution in [0.25, 0.3) is 0 Å². The first-order chi connectivity index (χ1) is 13.7. The third kappa shape index (κ3) is 6.56. The van der Waals surface area contributed by atoms with Gasteiger partial charge in [-0.1, -0.05) is 34.1 Å². The fourth-order valence-electron chi connectivity index (χ4n) is 2.73. The summed E-state index contributed by atoms with van der Waals surface area (Å²) in [4.78, 5) is 26.7. The van der Waals surface area contributed by atoms with Crippen LogP contribution in [0.4, 0.5) is 4.39 Å². The van der Waals surface area contributed by atoms with Crippen LogP contribution in [-0.2, 0) is 16.1 Å². The summed E-state index contributed by atoms with van der Waals surface area (Å²) in [6, 6.07) is 10.8. The number of rotatable bonds is 8. The van der Waals surface area contributed by atoms with Crippen LogP contribution in [0, 0.1) is 12.7 Å². The highest BCUT2D eigenvalue weighted by Gasteiger charge is 2.27. The summed E-state index contributed by atoms with van der Waals surface area (Å²) >= 11 is 3.42. The molecule has 0 saturated carbocycles. The fourth-order valence-corrected chi connectivity index (χ4v) is 2.98. The van der Waals surface area contributed by atoms with E-state index in [-0.39, 0.29) is 25.1 Å². The molecule has 7 heteroatoms. The zero-order valence-electron chi connectivity index (χ0n) is 17.0. The molecule has 0 spiro atoms. The highest BCUT2D eigenvalue weighted by molar-refractivity contribution is 9.10. The topological polar surface area (TPSA) is 58.6 Å². The number of hydrogen-bond acceptors (Lipinski definition) is 3. The highest BCUT2D eigenvalue weighted by Crippen LogP contribution is 2.22. The van der Waals surface area contributed by atoms with E-state index in [2.05, 4.69) is 21.2 Å². The van der Waals surface area contributed by atoms with Gasteiger partial charge < -0.3 is 15.0 Å². The van der Waals surface area contributed by atoms with E-state index in [0.717, 1.165) is 10.0 Å². The molecule has 1 atom stereocenters. The molecule has 1 N–H and O–H groups in total. The van der Waals surface area contributed by atoms with E-state index < -0.39 is 17.8 Å². The minimum absolute atomic E-state index is 0.0269. The second-order valence-corrected chi connectivity index (χ2v) is 8.01. The van der Waals surface area contributed by atoms with Gasteiger partial charge in [-0.2, -0.15) is 0 Å². The Bertz CT molecular complexity index is 873. The van der Waals surface area contributed by atoms with Gasteiger partial charge in [0.05, 0.1) is 0 Å². The number of nitrogens with zero attached hydrogens (tertiary/aromatic N) is 1. The van der Waals surface area contributed by atoms with Crippen molar-refractivity contribution in [3.05, 3.63) is 63.9 Å². The van der Waals surface area contributed by atoms with Crippen LogP contribution in [0.1, 0.15) is 31.9 Å². The Morgan fingerprint density at radius 3 is 2.48 bits per heavy atom. The molecule has 156 valence electrons. The zero-order chi connectivity index (χ0) is 21.6. The number of aryl methyl sites for hydroxylation is 1. The number of carbonyl (C=O) groups excluding carboxylic acids is 2. The van der Waals surface area contributed by atoms with Crippen molar-refractivity contribution < 1.29 is 18.7 Å². The van der Waals surface area contributed by atoms with E-state index in [1.807, 2.05) is 32.9 Å². The monoisotopic (exact) mass is 464 g/mol. The lowest BCUT2D eigenvalue weighted by atomic mass is 10.1. The number of hydrogen-bond donors (Lipinski definition) is 1. The molecule has 29 heavy (non-hydrogen) atoms. The molecule has 0 bridgehead atoms. The number of amides is 2. The Balaban J connectivity index is 2.18. The second kappa shape index (κ2) is 10.4. The van der Waals surface area contributed by atoms with E-state index in [9.17, 15) is 14.0 Å². The van der Waals surface area contributed by atoms with Crippen LogP contribution in [0.5, 0.6) is 5.75 Å². The molecule has 0 heterocycles. The van der Waals surface area contributed by atoms with E-state index in [1.165, 1.54) is 11.0 Å². The van der Waals surface area contributed by atoms with Crippen molar-refractivity contribution in [3.63, 3.8) is 0 Å². The van der Waals surface area contributed by atoms with Gasteiger partial charge in [-0.15, -0.1) is 0 Å². The summed E-state index contributed by atoms with van der Waals surface area (Å²) in [7, 11) is 0. The van der Waals surface area contributed by atoms with Gasteiger partial charge in [-0.25, -0.2) is 4.39 Å². The predicted molar refractivity (Wildman–Crippen MR) is 114 cm³/mol. The quantitative estimate of drug-likeness (QED) is 0.636. The van der Waals surface area contributed by atoms with Crippen molar-refractivity contribution in [2.75, 3.05) is 6.61 Å². The van der Waals surface area contributed by atoms with Gasteiger partial charge in [0.15, 0.2) is 6.61 Å². The molecule has 2 rings (SSSR count). The molecule has 0 saturated heterocycles. The second-order valence-electron chi connectivity index (χ2n) is 7.15. The molecule has 0 aliphatic rings. The van der Waals surface area contributed by atoms with Crippen LogP contribution in [0.2, 0.25) is 0 Å². The van der Waals surface area contributed by atoms with E-state index in [1.54, 1.807) is 31.2 Å². The molecule has 0 aliphatic carbocycles. The fraction of sp³-hybridized carbons (Fsp3) is 0.364. The molecule has 0 unspecified atom stereocenters. The zero-order valence-corrected chi connectivity index (χ0v) is 18.6. The normalized spacial score (nSPS) is 11.8. The van der Waals surface area contributed by atoms with Crippen molar-refractivity contribution in [1.82, 2.24) is 10.2 Å². The number of benzene rings is 2. The average Bonchev–Trinajstić information content (AvgIpc) is 2.67. The minimum atomic E-state index is -0.778. The number of carbonyl (C=O) groups is 2. The van der Waals surface area contributed by atoms with Gasteiger partial charge in [-0.05, 0) is 57.5 Å². The maximum absolute atomic E-state index is 14.1. The summed E-state index contributed by atoms with van der Waals surface area (Å²) < 4.78 is 20.7. The van der Waals surface area contributed by atoms with Crippen LogP contribution in [0.15, 0.2) is 46.9 Å². The Morgan fingerprint density at radius 1 is 1.17 bits per heavy atom. The lowest BCUT2D eigenvalue weighted by Gasteiger charge is -2.29. The minimum Gasteiger partial charge on any atom is -0.484 e. The summed E-state index contributed by atoms with van der Waals surface area (Å²) in [5.74, 6) is -0.584. The van der Waals surface area contributed by atoms with Crippen molar-refractivity contribution in [2.45, 2.75) is 46.3 Å². The first kappa shape index (κ1) is 22.9. The van der Waals surface area contributed by atoms with Crippen LogP contribution in [0.3, 0.4) is 0 Å². The maximum atomic E-state index is 14.1. The molecule has 0 aliphatic heterocycles. The predicted octanol–water partition coefficient (Wildman–Crippen LogP) is 4.22. The summed E-state index contributed by atoms with van der Waals surface area (Å²) in [5.41, 5.74) is 1.31. The average molecular weight is 465 g/mol. The van der Waals surface area contributed by atoms with Gasteiger partial charge in [0, 0.05) is 22.6 Å². The lowest BCUT2D eigenvalue weighted by molar-refractivity contribution is -0.142. The summed E-state index contributed by atoms with van der Waals surface area (Å²) in [6.45, 7) is 6.94. The molecule has 0 fully saturated rings. The van der Waals surface area contributed by atoms with Crippen LogP contribution >= 0.6 is 15.9 Å². The molecule has 0 aromatic heterocycles. The summed E-state index contributed by atoms with van der Waals surface area (Å²) in [5, 5.41) is 2.79. The van der Waals surface area contributed by atoms with Gasteiger partial charge in [-0.3, -0.25) is 9.59 Å². The van der Waals surface area contributed by atoms with E-state index in [4.69, 9.17) is 4.74 Å². The highest BCUT2D eigenvalue weighted by atomic mass is 79.9. The maximum Gasteiger partial charge on any atom is 0.261 e. The first-order valence-electron chi connectivity index (χ1n) is 9.41. The standard InChI is InChI=1S/C22H26BrFN2O3/c1-14(2)25-22(28)16(4)26(12-17-7-5-6-8-20(17)24)21(27)13-29-18-9-10-19(23)15(3)11-18/h5-11,14,16H,12-13H2,1-4H3,(H,25,28)/t16-/m0/s1. The Morgan fingerprint density at radius 2 is 1.86 bits per heavy atom. The number of nitrogens with one attached hydrogen (secondary N) is 1. The van der Waals surface area contributed by atoms with Crippen molar-refractivity contribution >= 4 is 27.7 Å². The lowest BCUT2D eigenvalue weighted by Crippen LogP contribution is -2.50. The van der Waals surface area contributed by atoms with Gasteiger partial charge in [0.1, 0.15) is 17.6 Å². The molecule has 0 radical (unpaired) electrons. The van der Waals surface area contributed by atoms with E-state index in [0.29, 0.717) is 11.3 Å². The summed E-state index contributed by atoms with van der Waals surface area (Å²) in [6.07, 6.45) is 0. The molecular formula is C22H26BrFN2O3. The van der Waals surface area contributed by atoms with Crippen molar-refractivity contribution in [1.29, 1.82) is 0 Å². The molecule has 5 nitrogen and oxygen atoms in total. The van der Waals surface area contributed by atoms with Crippen molar-refractivity contribution in [2.24, 2.45) is 0 Å². The van der Waals surface area contributed by atoms with Gasteiger partial charge >= 0.3 is 0 Å². The SMILES string of the molecule is Cc1cc(OCC(=O)N(Cc2ccccc2F)[C@@H](C)C(=O)NC(C)C)ccc1Br.